The van der Waals surface area contributed by atoms with Gasteiger partial charge in [0.15, 0.2) is 12.0 Å². The highest BCUT2D eigenvalue weighted by molar-refractivity contribution is 6.03. The second-order valence-corrected chi connectivity index (χ2v) is 40.2. The molecule has 23 heteroatoms. The van der Waals surface area contributed by atoms with E-state index in [9.17, 15) is 14.4 Å². The van der Waals surface area contributed by atoms with Gasteiger partial charge in [0.2, 0.25) is 0 Å². The number of carbonyl (C=O) groups is 3. The number of nitrogen functional groups attached to an aromatic ring is 1. The summed E-state index contributed by atoms with van der Waals surface area (Å²) in [5.41, 5.74) is 25.6. The van der Waals surface area contributed by atoms with Gasteiger partial charge in [-0.25, -0.2) is 24.7 Å². The molecule has 14 aromatic rings. The number of piperidine rings is 7. The number of likely N-dealkylation sites (tertiary alicyclic amines) is 5. The highest BCUT2D eigenvalue weighted by Crippen LogP contribution is 2.37. The zero-order chi connectivity index (χ0) is 104. The van der Waals surface area contributed by atoms with Crippen molar-refractivity contribution in [3.05, 3.63) is 435 Å². The molecule has 7 aromatic carbocycles. The number of rotatable bonds is 25. The van der Waals surface area contributed by atoms with E-state index in [4.69, 9.17) is 31.5 Å². The second kappa shape index (κ2) is 59.3. The molecule has 7 aliphatic heterocycles. The molecule has 0 radical (unpaired) electrons. The Labute approximate surface area is 888 Å². The van der Waals surface area contributed by atoms with Crippen molar-refractivity contribution >= 4 is 35.5 Å². The minimum atomic E-state index is -0.371. The van der Waals surface area contributed by atoms with E-state index in [1.165, 1.54) is 111 Å². The van der Waals surface area contributed by atoms with Gasteiger partial charge < -0.3 is 40.7 Å². The van der Waals surface area contributed by atoms with Gasteiger partial charge in [0.1, 0.15) is 40.1 Å². The molecule has 5 N–H and O–H groups in total. The molecule has 23 nitrogen and oxygen atoms in total. The maximum Gasteiger partial charge on any atom is 0.356 e. The van der Waals surface area contributed by atoms with Crippen LogP contribution in [0.5, 0.6) is 17.2 Å². The number of benzene rings is 7. The number of pyridine rings is 7. The Hall–Kier alpha value is -14.2. The second-order valence-electron chi connectivity index (χ2n) is 40.2. The first-order valence-electron chi connectivity index (χ1n) is 54.0. The molecular weight excluding hydrogens is 1860 g/mol. The summed E-state index contributed by atoms with van der Waals surface area (Å²) in [4.78, 5) is 83.8. The van der Waals surface area contributed by atoms with Crippen molar-refractivity contribution in [1.82, 2.24) is 70.0 Å². The van der Waals surface area contributed by atoms with E-state index in [0.717, 1.165) is 207 Å². The molecular formula is C127H149N17O6. The number of aromatic nitrogens is 7. The minimum Gasteiger partial charge on any atom is -0.503 e. The monoisotopic (exact) mass is 2010 g/mol. The fraction of sp³-hybridized carbons (Fsp3) is 0.362. The summed E-state index contributed by atoms with van der Waals surface area (Å²) >= 11 is 0. The zero-order valence-corrected chi connectivity index (χ0v) is 88.1. The number of amides is 1. The number of aldehydes is 1. The van der Waals surface area contributed by atoms with E-state index < -0.39 is 0 Å². The number of para-hydroxylation sites is 2. The van der Waals surface area contributed by atoms with Crippen molar-refractivity contribution in [2.24, 2.45) is 0 Å². The molecule has 0 aliphatic carbocycles. The van der Waals surface area contributed by atoms with E-state index in [-0.39, 0.29) is 11.9 Å². The van der Waals surface area contributed by atoms with Crippen LogP contribution in [0.2, 0.25) is 0 Å². The van der Waals surface area contributed by atoms with Gasteiger partial charge in [-0.15, -0.1) is 4.98 Å². The van der Waals surface area contributed by atoms with Crippen LogP contribution < -0.4 is 31.2 Å². The number of esters is 1. The van der Waals surface area contributed by atoms with Gasteiger partial charge in [0.05, 0.1) is 13.7 Å². The summed E-state index contributed by atoms with van der Waals surface area (Å²) in [5.74, 6) is 5.57. The first-order chi connectivity index (χ1) is 73.6. The molecule has 7 aliphatic rings. The molecule has 7 saturated heterocycles. The fourth-order valence-corrected chi connectivity index (χ4v) is 20.9. The molecule has 7 atom stereocenters. The lowest BCUT2D eigenvalue weighted by atomic mass is 9.93. The van der Waals surface area contributed by atoms with E-state index in [1.807, 2.05) is 154 Å². The third kappa shape index (κ3) is 34.7. The van der Waals surface area contributed by atoms with Crippen LogP contribution >= 0.6 is 0 Å². The molecule has 150 heavy (non-hydrogen) atoms. The number of methoxy groups -OCH3 is 1. The van der Waals surface area contributed by atoms with Crippen LogP contribution in [-0.2, 0) is 37.5 Å². The van der Waals surface area contributed by atoms with Gasteiger partial charge in [-0.1, -0.05) is 225 Å². The SMILES string of the molecule is COC(=O)c1cccc(C2CCCN(Cc3ccccc3)C2)n1.Cc1ccc(C2CCCN(Cc3ccccc3)C2)nc1N.Cc1ccc(C2CCCNC2)nc1C(=O)Nc1ccccc1.Cc1cccc(C2CCCN(Cc3ccccc3)C2)n1.O=Cc1nc(C2CCCN(Cc3ccccc3)C2)ccc1Oc1ccccc1.[C-]#[N+]c1nc(C2CCCNC2)ccc1OCC.c1ccc(CN2CCCC(c3ccccn3)C2)cc1. The van der Waals surface area contributed by atoms with E-state index in [1.54, 1.807) is 6.07 Å². The molecule has 0 bridgehead atoms. The van der Waals surface area contributed by atoms with Gasteiger partial charge in [0, 0.05) is 172 Å². The maximum absolute atomic E-state index is 12.5. The van der Waals surface area contributed by atoms with Gasteiger partial charge in [-0.2, -0.15) is 0 Å². The Bertz CT molecular complexity index is 6450. The normalized spacial score (nSPS) is 18.9. The van der Waals surface area contributed by atoms with Crippen LogP contribution in [0.15, 0.2) is 322 Å². The number of carbonyl (C=O) groups excluding carboxylic acids is 3. The molecule has 778 valence electrons. The lowest BCUT2D eigenvalue weighted by Crippen LogP contribution is -2.34. The number of nitrogens with one attached hydrogen (secondary N) is 3. The molecule has 14 heterocycles. The van der Waals surface area contributed by atoms with Crippen molar-refractivity contribution in [3.8, 4) is 17.2 Å². The summed E-state index contributed by atoms with van der Waals surface area (Å²) in [6.45, 7) is 35.8. The number of hydrogen-bond donors (Lipinski definition) is 4. The highest BCUT2D eigenvalue weighted by atomic mass is 16.5. The number of nitrogens with two attached hydrogens (primary N) is 1. The minimum absolute atomic E-state index is 0.144. The van der Waals surface area contributed by atoms with E-state index in [2.05, 4.69) is 264 Å². The van der Waals surface area contributed by atoms with Crippen LogP contribution in [0.3, 0.4) is 0 Å². The lowest BCUT2D eigenvalue weighted by molar-refractivity contribution is 0.0593. The maximum atomic E-state index is 12.5. The molecule has 1 amide bonds. The van der Waals surface area contributed by atoms with Crippen LogP contribution in [0.25, 0.3) is 4.85 Å². The quantitative estimate of drug-likeness (QED) is 0.0236. The fourth-order valence-electron chi connectivity index (χ4n) is 20.9. The summed E-state index contributed by atoms with van der Waals surface area (Å²) in [7, 11) is 1.39. The predicted octanol–water partition coefficient (Wildman–Crippen LogP) is 24.5. The van der Waals surface area contributed by atoms with Crippen molar-refractivity contribution in [2.75, 3.05) is 116 Å². The Balaban J connectivity index is 0.000000131. The smallest absolute Gasteiger partial charge is 0.356 e. The first-order valence-corrected chi connectivity index (χ1v) is 54.0. The highest BCUT2D eigenvalue weighted by Gasteiger charge is 2.31. The van der Waals surface area contributed by atoms with Crippen molar-refractivity contribution in [3.63, 3.8) is 0 Å². The summed E-state index contributed by atoms with van der Waals surface area (Å²) < 4.78 is 16.0. The van der Waals surface area contributed by atoms with E-state index >= 15 is 0 Å². The first kappa shape index (κ1) is 110. The largest absolute Gasteiger partial charge is 0.503 e. The Kier molecular flexibility index (Phi) is 43.5. The number of hydrogen-bond acceptors (Lipinski definition) is 21. The Morgan fingerprint density at radius 3 is 1.19 bits per heavy atom. The predicted molar refractivity (Wildman–Crippen MR) is 602 cm³/mol. The standard InChI is InChI=1S/C24H24N2O2.C19H22N2O2.C18H21N3O.C18H23N3.C18H22N2.C17H20N2.C13H17N3O/c27-18-23-24(28-21-11-5-2-6-12-21)14-13-22(25-23)20-10-7-15-26(17-20)16-19-8-3-1-4-9-19;1-23-19(22)18-11-5-10-17(20-18)16-9-6-12-21(14-16)13-15-7-3-2-4-8-15;1-13-9-10-16(14-6-5-11-19-12-14)21-17(13)18(22)20-15-7-3-2-4-8-15;1-14-9-10-17(20-18(14)19)16-8-5-11-21(13-16)12-15-6-3-2-4-7-15;1-15-7-5-11-18(19-15)17-10-6-12-20(14-17)13-16-8-3-2-4-9-16;1-2-7-15(8-3-1)13-19-12-6-9-16(14-19)17-10-4-5-11-18-17;1-3-17-12-7-6-11(16-13(12)14-2)10-5-4-8-15-9-10/h1-6,8-9,11-14,18,20H,7,10,15-17H2;2-5,7-8,10-11,16H,6,9,12-14H2,1H3;2-4,7-10,14,19H,5-6,11-12H2,1H3,(H,20,22);2-4,6-7,9-10,16H,5,8,11-13H2,1H3,(H2,19,20);2-5,7-9,11,17H,6,10,12-14H2,1H3;1-5,7-8,10-11,16H,6,9,12-14H2;6-7,10,15H,3-5,8-9H2,1H3. The van der Waals surface area contributed by atoms with Crippen LogP contribution in [0.4, 0.5) is 17.3 Å². The van der Waals surface area contributed by atoms with E-state index in [0.29, 0.717) is 94.0 Å². The van der Waals surface area contributed by atoms with Crippen molar-refractivity contribution in [2.45, 2.75) is 192 Å². The van der Waals surface area contributed by atoms with Crippen LogP contribution in [0.1, 0.15) is 254 Å². The molecule has 0 saturated carbocycles. The zero-order valence-electron chi connectivity index (χ0n) is 88.1. The third-order valence-electron chi connectivity index (χ3n) is 28.8. The molecule has 0 spiro atoms. The summed E-state index contributed by atoms with van der Waals surface area (Å²) in [6, 6.07) is 107. The Morgan fingerprint density at radius 2 is 0.780 bits per heavy atom. The topological polar surface area (TPSA) is 252 Å². The van der Waals surface area contributed by atoms with Gasteiger partial charge >= 0.3 is 11.8 Å². The number of aryl methyl sites for hydroxylation is 3. The third-order valence-corrected chi connectivity index (χ3v) is 28.8. The van der Waals surface area contributed by atoms with Gasteiger partial charge in [-0.05, 0) is 299 Å². The van der Waals surface area contributed by atoms with Crippen molar-refractivity contribution in [1.29, 1.82) is 0 Å². The number of anilines is 2. The summed E-state index contributed by atoms with van der Waals surface area (Å²) in [6.07, 6.45) is 19.3. The van der Waals surface area contributed by atoms with Crippen molar-refractivity contribution < 1.29 is 28.6 Å². The Morgan fingerprint density at radius 1 is 0.400 bits per heavy atom. The molecule has 7 unspecified atom stereocenters. The van der Waals surface area contributed by atoms with Crippen LogP contribution in [0, 0.1) is 27.3 Å². The molecule has 7 fully saturated rings. The average Bonchev–Trinajstić information content (AvgIpc) is 0.789. The lowest BCUT2D eigenvalue weighted by Gasteiger charge is -2.32. The number of ether oxygens (including phenoxy) is 3. The molecule has 7 aromatic heterocycles. The van der Waals surface area contributed by atoms with Gasteiger partial charge in [0.25, 0.3) is 5.91 Å². The summed E-state index contributed by atoms with van der Waals surface area (Å²) in [5, 5.41) is 9.67. The van der Waals surface area contributed by atoms with Gasteiger partial charge in [-0.3, -0.25) is 44.1 Å². The molecule has 21 rings (SSSR count). The number of nitrogens with zero attached hydrogens (tertiary/aromatic N) is 13. The van der Waals surface area contributed by atoms with Crippen LogP contribution in [-0.4, -0.2) is 183 Å². The average molecular weight is 2010 g/mol.